The number of ether oxygens (including phenoxy) is 1. The average Bonchev–Trinajstić information content (AvgIpc) is 2.47. The van der Waals surface area contributed by atoms with Crippen LogP contribution in [0, 0.1) is 20.2 Å². The van der Waals surface area contributed by atoms with E-state index in [2.05, 4.69) is 10.3 Å². The third kappa shape index (κ3) is 3.21. The molecule has 21 heavy (non-hydrogen) atoms. The maximum atomic E-state index is 10.9. The topological polar surface area (TPSA) is 120 Å². The van der Waals surface area contributed by atoms with Gasteiger partial charge in [-0.05, 0) is 12.1 Å². The molecule has 0 saturated heterocycles. The Bertz CT molecular complexity index is 704. The molecule has 0 atom stereocenters. The summed E-state index contributed by atoms with van der Waals surface area (Å²) in [4.78, 5) is 24.4. The highest BCUT2D eigenvalue weighted by atomic mass is 16.6. The van der Waals surface area contributed by atoms with Crippen LogP contribution in [0.4, 0.5) is 17.2 Å². The normalized spacial score (nSPS) is 9.95. The van der Waals surface area contributed by atoms with Crippen LogP contribution in [0.2, 0.25) is 0 Å². The number of anilines is 1. The molecule has 0 radical (unpaired) electrons. The molecule has 1 aromatic heterocycles. The lowest BCUT2D eigenvalue weighted by atomic mass is 10.3. The van der Waals surface area contributed by atoms with E-state index in [-0.39, 0.29) is 23.0 Å². The molecule has 0 spiro atoms. The second-order valence-corrected chi connectivity index (χ2v) is 3.88. The molecular formula is C12H10N4O5. The Morgan fingerprint density at radius 3 is 2.52 bits per heavy atom. The standard InChI is InChI=1S/C12H10N4O5/c1-13-11-6-5-10(16(19)20)12(14-11)21-9-4-2-3-8(7-9)15(17)18/h2-7H,1H3,(H,13,14). The Labute approximate surface area is 118 Å². The molecule has 108 valence electrons. The maximum absolute atomic E-state index is 10.9. The molecule has 0 aliphatic rings. The Morgan fingerprint density at radius 2 is 1.90 bits per heavy atom. The van der Waals surface area contributed by atoms with Crippen LogP contribution in [0.3, 0.4) is 0 Å². The van der Waals surface area contributed by atoms with Crippen LogP contribution in [-0.4, -0.2) is 21.9 Å². The predicted molar refractivity (Wildman–Crippen MR) is 73.6 cm³/mol. The van der Waals surface area contributed by atoms with Gasteiger partial charge >= 0.3 is 11.6 Å². The van der Waals surface area contributed by atoms with Gasteiger partial charge in [-0.3, -0.25) is 20.2 Å². The van der Waals surface area contributed by atoms with E-state index in [1.54, 1.807) is 7.05 Å². The van der Waals surface area contributed by atoms with Crippen LogP contribution in [-0.2, 0) is 0 Å². The third-order valence-electron chi connectivity index (χ3n) is 2.54. The Balaban J connectivity index is 2.40. The van der Waals surface area contributed by atoms with Crippen molar-refractivity contribution in [2.24, 2.45) is 0 Å². The van der Waals surface area contributed by atoms with Gasteiger partial charge in [-0.15, -0.1) is 0 Å². The van der Waals surface area contributed by atoms with Crippen molar-refractivity contribution in [1.82, 2.24) is 4.98 Å². The second-order valence-electron chi connectivity index (χ2n) is 3.88. The molecule has 2 rings (SSSR count). The molecule has 0 bridgehead atoms. The van der Waals surface area contributed by atoms with Crippen molar-refractivity contribution in [3.63, 3.8) is 0 Å². The quantitative estimate of drug-likeness (QED) is 0.663. The molecule has 1 heterocycles. The number of nitro benzene ring substituents is 1. The minimum atomic E-state index is -0.640. The number of aromatic nitrogens is 1. The van der Waals surface area contributed by atoms with Crippen molar-refractivity contribution in [3.05, 3.63) is 56.6 Å². The monoisotopic (exact) mass is 290 g/mol. The summed E-state index contributed by atoms with van der Waals surface area (Å²) in [5.41, 5.74) is -0.513. The summed E-state index contributed by atoms with van der Waals surface area (Å²) >= 11 is 0. The molecule has 1 aromatic carbocycles. The van der Waals surface area contributed by atoms with Crippen LogP contribution in [0.5, 0.6) is 11.6 Å². The van der Waals surface area contributed by atoms with Gasteiger partial charge in [-0.2, -0.15) is 4.98 Å². The van der Waals surface area contributed by atoms with Crippen LogP contribution in [0.25, 0.3) is 0 Å². The van der Waals surface area contributed by atoms with Crippen LogP contribution < -0.4 is 10.1 Å². The first-order valence-corrected chi connectivity index (χ1v) is 5.77. The fourth-order valence-corrected chi connectivity index (χ4v) is 1.56. The lowest BCUT2D eigenvalue weighted by Crippen LogP contribution is -1.99. The second kappa shape index (κ2) is 5.82. The number of hydrogen-bond acceptors (Lipinski definition) is 7. The zero-order chi connectivity index (χ0) is 15.4. The van der Waals surface area contributed by atoms with Gasteiger partial charge in [0.2, 0.25) is 0 Å². The van der Waals surface area contributed by atoms with Gasteiger partial charge in [0.25, 0.3) is 5.69 Å². The molecule has 2 aromatic rings. The number of nitrogens with zero attached hydrogens (tertiary/aromatic N) is 3. The summed E-state index contributed by atoms with van der Waals surface area (Å²) in [6.45, 7) is 0. The molecule has 0 aliphatic carbocycles. The van der Waals surface area contributed by atoms with Crippen molar-refractivity contribution in [2.45, 2.75) is 0 Å². The number of nitro groups is 2. The lowest BCUT2D eigenvalue weighted by molar-refractivity contribution is -0.386. The molecule has 9 heteroatoms. The predicted octanol–water partition coefficient (Wildman–Crippen LogP) is 2.73. The van der Waals surface area contributed by atoms with E-state index in [9.17, 15) is 20.2 Å². The summed E-state index contributed by atoms with van der Waals surface area (Å²) in [6.07, 6.45) is 0. The first-order chi connectivity index (χ1) is 10.0. The number of non-ortho nitro benzene ring substituents is 1. The van der Waals surface area contributed by atoms with Crippen molar-refractivity contribution in [2.75, 3.05) is 12.4 Å². The van der Waals surface area contributed by atoms with E-state index < -0.39 is 9.85 Å². The van der Waals surface area contributed by atoms with Gasteiger partial charge in [0.1, 0.15) is 11.6 Å². The summed E-state index contributed by atoms with van der Waals surface area (Å²) in [5.74, 6) is 0.224. The van der Waals surface area contributed by atoms with E-state index in [0.717, 1.165) is 6.07 Å². The zero-order valence-corrected chi connectivity index (χ0v) is 10.8. The summed E-state index contributed by atoms with van der Waals surface area (Å²) in [6, 6.07) is 7.99. The van der Waals surface area contributed by atoms with Crippen molar-refractivity contribution in [3.8, 4) is 11.6 Å². The van der Waals surface area contributed by atoms with E-state index >= 15 is 0 Å². The number of rotatable bonds is 5. The molecule has 0 amide bonds. The summed E-state index contributed by atoms with van der Waals surface area (Å²) in [7, 11) is 1.60. The van der Waals surface area contributed by atoms with E-state index in [1.807, 2.05) is 0 Å². The molecule has 0 saturated carbocycles. The molecule has 1 N–H and O–H groups in total. The third-order valence-corrected chi connectivity index (χ3v) is 2.54. The van der Waals surface area contributed by atoms with Crippen molar-refractivity contribution in [1.29, 1.82) is 0 Å². The van der Waals surface area contributed by atoms with Crippen LogP contribution in [0.15, 0.2) is 36.4 Å². The smallest absolute Gasteiger partial charge is 0.331 e. The van der Waals surface area contributed by atoms with Gasteiger partial charge in [-0.1, -0.05) is 6.07 Å². The first-order valence-electron chi connectivity index (χ1n) is 5.77. The molecule has 0 aliphatic heterocycles. The largest absolute Gasteiger partial charge is 0.433 e. The van der Waals surface area contributed by atoms with Crippen LogP contribution in [0.1, 0.15) is 0 Å². The average molecular weight is 290 g/mol. The summed E-state index contributed by atoms with van der Waals surface area (Å²) < 4.78 is 5.31. The number of benzene rings is 1. The fraction of sp³-hybridized carbons (Fsp3) is 0.0833. The van der Waals surface area contributed by atoms with Crippen molar-refractivity contribution >= 4 is 17.2 Å². The SMILES string of the molecule is CNc1ccc([N+](=O)[O-])c(Oc2cccc([N+](=O)[O-])c2)n1. The summed E-state index contributed by atoms with van der Waals surface area (Å²) in [5, 5.41) is 24.4. The minimum Gasteiger partial charge on any atom is -0.433 e. The minimum absolute atomic E-state index is 0.0908. The first kappa shape index (κ1) is 14.2. The number of pyridine rings is 1. The van der Waals surface area contributed by atoms with Gasteiger partial charge in [0.15, 0.2) is 0 Å². The fourth-order valence-electron chi connectivity index (χ4n) is 1.56. The van der Waals surface area contributed by atoms with Crippen LogP contribution >= 0.6 is 0 Å². The zero-order valence-electron chi connectivity index (χ0n) is 10.8. The van der Waals surface area contributed by atoms with E-state index in [0.29, 0.717) is 5.82 Å². The Morgan fingerprint density at radius 1 is 1.14 bits per heavy atom. The molecule has 0 fully saturated rings. The molecule has 9 nitrogen and oxygen atoms in total. The molecule has 0 unspecified atom stereocenters. The van der Waals surface area contributed by atoms with Crippen molar-refractivity contribution < 1.29 is 14.6 Å². The van der Waals surface area contributed by atoms with Gasteiger partial charge in [-0.25, -0.2) is 0 Å². The number of hydrogen-bond donors (Lipinski definition) is 1. The Kier molecular flexibility index (Phi) is 3.93. The highest BCUT2D eigenvalue weighted by Crippen LogP contribution is 2.31. The molecular weight excluding hydrogens is 280 g/mol. The Hall–Kier alpha value is -3.23. The number of nitrogens with one attached hydrogen (secondary N) is 1. The van der Waals surface area contributed by atoms with E-state index in [1.165, 1.54) is 30.3 Å². The van der Waals surface area contributed by atoms with E-state index in [4.69, 9.17) is 4.74 Å². The highest BCUT2D eigenvalue weighted by molar-refractivity contribution is 5.51. The van der Waals surface area contributed by atoms with Gasteiger partial charge in [0.05, 0.1) is 15.9 Å². The van der Waals surface area contributed by atoms with Gasteiger partial charge in [0, 0.05) is 19.2 Å². The lowest BCUT2D eigenvalue weighted by Gasteiger charge is -2.07. The highest BCUT2D eigenvalue weighted by Gasteiger charge is 2.19. The maximum Gasteiger partial charge on any atom is 0.331 e. The van der Waals surface area contributed by atoms with Gasteiger partial charge < -0.3 is 10.1 Å².